The van der Waals surface area contributed by atoms with E-state index in [9.17, 15) is 23.1 Å². The monoisotopic (exact) mass is 287 g/mol. The Balaban J connectivity index is 2.08. The number of benzene rings is 1. The average molecular weight is 287 g/mol. The van der Waals surface area contributed by atoms with E-state index in [1.807, 2.05) is 0 Å². The summed E-state index contributed by atoms with van der Waals surface area (Å²) in [6.07, 6.45) is -2.87. The highest BCUT2D eigenvalue weighted by molar-refractivity contribution is 5.93. The van der Waals surface area contributed by atoms with Crippen LogP contribution in [0, 0.1) is 5.92 Å². The Bertz CT molecular complexity index is 480. The van der Waals surface area contributed by atoms with Crippen LogP contribution >= 0.6 is 0 Å². The van der Waals surface area contributed by atoms with Gasteiger partial charge in [-0.05, 0) is 37.8 Å². The normalized spacial score (nSPS) is 23.4. The predicted molar refractivity (Wildman–Crippen MR) is 68.0 cm³/mol. The summed E-state index contributed by atoms with van der Waals surface area (Å²) in [6.45, 7) is 0. The van der Waals surface area contributed by atoms with Crippen molar-refractivity contribution in [1.29, 1.82) is 0 Å². The molecule has 0 aromatic heterocycles. The van der Waals surface area contributed by atoms with E-state index in [2.05, 4.69) is 5.32 Å². The summed E-state index contributed by atoms with van der Waals surface area (Å²) in [5, 5.41) is 11.7. The Labute approximate surface area is 114 Å². The highest BCUT2D eigenvalue weighted by Crippen LogP contribution is 2.35. The highest BCUT2D eigenvalue weighted by atomic mass is 19.4. The number of aliphatic hydroxyl groups excluding tert-OH is 1. The zero-order chi connectivity index (χ0) is 14.8. The molecule has 0 saturated heterocycles. The molecule has 0 atom stereocenters. The smallest absolute Gasteiger partial charge is 0.393 e. The van der Waals surface area contributed by atoms with Gasteiger partial charge >= 0.3 is 6.18 Å². The van der Waals surface area contributed by atoms with Crippen LogP contribution in [0.1, 0.15) is 31.2 Å². The first-order chi connectivity index (χ1) is 9.38. The topological polar surface area (TPSA) is 49.3 Å². The third kappa shape index (κ3) is 3.50. The second-order valence-electron chi connectivity index (χ2n) is 5.04. The van der Waals surface area contributed by atoms with E-state index in [0.717, 1.165) is 6.07 Å². The fourth-order valence-corrected chi connectivity index (χ4v) is 2.41. The van der Waals surface area contributed by atoms with Crippen molar-refractivity contribution in [1.82, 2.24) is 0 Å². The molecule has 1 aromatic carbocycles. The number of carbonyl (C=O) groups is 1. The number of aliphatic hydroxyl groups is 1. The molecular formula is C14H16F3NO2. The maximum atomic E-state index is 12.8. The molecule has 1 aliphatic carbocycles. The molecule has 6 heteroatoms. The van der Waals surface area contributed by atoms with E-state index in [1.165, 1.54) is 18.2 Å². The van der Waals surface area contributed by atoms with Gasteiger partial charge in [0.25, 0.3) is 0 Å². The Morgan fingerprint density at radius 3 is 2.35 bits per heavy atom. The Morgan fingerprint density at radius 2 is 1.75 bits per heavy atom. The molecule has 0 bridgehead atoms. The van der Waals surface area contributed by atoms with Gasteiger partial charge in [0.1, 0.15) is 0 Å². The zero-order valence-corrected chi connectivity index (χ0v) is 10.8. The van der Waals surface area contributed by atoms with Gasteiger partial charge in [-0.3, -0.25) is 4.79 Å². The quantitative estimate of drug-likeness (QED) is 0.877. The van der Waals surface area contributed by atoms with Gasteiger partial charge in [-0.2, -0.15) is 13.2 Å². The number of para-hydroxylation sites is 1. The average Bonchev–Trinajstić information content (AvgIpc) is 2.38. The van der Waals surface area contributed by atoms with Crippen LogP contribution in [0.2, 0.25) is 0 Å². The molecule has 1 aromatic rings. The van der Waals surface area contributed by atoms with Crippen LogP contribution in [0.4, 0.5) is 18.9 Å². The van der Waals surface area contributed by atoms with E-state index < -0.39 is 23.8 Å². The summed E-state index contributed by atoms with van der Waals surface area (Å²) in [7, 11) is 0. The van der Waals surface area contributed by atoms with Crippen molar-refractivity contribution in [3.63, 3.8) is 0 Å². The lowest BCUT2D eigenvalue weighted by molar-refractivity contribution is -0.137. The van der Waals surface area contributed by atoms with Crippen molar-refractivity contribution in [3.8, 4) is 0 Å². The first-order valence-corrected chi connectivity index (χ1v) is 6.53. The van der Waals surface area contributed by atoms with Gasteiger partial charge < -0.3 is 10.4 Å². The Hall–Kier alpha value is -1.56. The number of hydrogen-bond donors (Lipinski definition) is 2. The number of alkyl halides is 3. The van der Waals surface area contributed by atoms with Crippen LogP contribution in [0.25, 0.3) is 0 Å². The number of amides is 1. The third-order valence-corrected chi connectivity index (χ3v) is 3.56. The number of anilines is 1. The second-order valence-corrected chi connectivity index (χ2v) is 5.04. The van der Waals surface area contributed by atoms with Crippen molar-refractivity contribution in [2.45, 2.75) is 38.0 Å². The molecule has 0 radical (unpaired) electrons. The van der Waals surface area contributed by atoms with E-state index in [0.29, 0.717) is 25.7 Å². The SMILES string of the molecule is O=C(Nc1ccccc1C(F)(F)F)C1CCC(O)CC1. The lowest BCUT2D eigenvalue weighted by atomic mass is 9.87. The highest BCUT2D eigenvalue weighted by Gasteiger charge is 2.34. The fraction of sp³-hybridized carbons (Fsp3) is 0.500. The van der Waals surface area contributed by atoms with Crippen LogP contribution in [0.5, 0.6) is 0 Å². The van der Waals surface area contributed by atoms with Gasteiger partial charge in [0.2, 0.25) is 5.91 Å². The van der Waals surface area contributed by atoms with Gasteiger partial charge in [-0.25, -0.2) is 0 Å². The Morgan fingerprint density at radius 1 is 1.15 bits per heavy atom. The van der Waals surface area contributed by atoms with E-state index >= 15 is 0 Å². The summed E-state index contributed by atoms with van der Waals surface area (Å²) < 4.78 is 38.4. The largest absolute Gasteiger partial charge is 0.418 e. The summed E-state index contributed by atoms with van der Waals surface area (Å²) in [5.74, 6) is -0.742. The minimum Gasteiger partial charge on any atom is -0.393 e. The van der Waals surface area contributed by atoms with E-state index in [1.54, 1.807) is 0 Å². The first-order valence-electron chi connectivity index (χ1n) is 6.53. The Kier molecular flexibility index (Phi) is 4.32. The van der Waals surface area contributed by atoms with Crippen molar-refractivity contribution in [2.75, 3.05) is 5.32 Å². The van der Waals surface area contributed by atoms with Crippen LogP contribution < -0.4 is 5.32 Å². The molecule has 2 N–H and O–H groups in total. The minimum atomic E-state index is -4.49. The molecule has 0 aliphatic heterocycles. The fourth-order valence-electron chi connectivity index (χ4n) is 2.41. The molecule has 20 heavy (non-hydrogen) atoms. The van der Waals surface area contributed by atoms with E-state index in [4.69, 9.17) is 0 Å². The summed E-state index contributed by atoms with van der Waals surface area (Å²) >= 11 is 0. The van der Waals surface area contributed by atoms with Crippen molar-refractivity contribution < 1.29 is 23.1 Å². The van der Waals surface area contributed by atoms with Gasteiger partial charge in [0, 0.05) is 5.92 Å². The molecule has 110 valence electrons. The molecule has 1 aliphatic rings. The summed E-state index contributed by atoms with van der Waals surface area (Å²) in [4.78, 5) is 12.0. The predicted octanol–water partition coefficient (Wildman–Crippen LogP) is 3.20. The maximum Gasteiger partial charge on any atom is 0.418 e. The van der Waals surface area contributed by atoms with Gasteiger partial charge in [0.05, 0.1) is 17.4 Å². The van der Waals surface area contributed by atoms with Crippen molar-refractivity contribution >= 4 is 11.6 Å². The summed E-state index contributed by atoms with van der Waals surface area (Å²) in [6, 6.07) is 4.93. The maximum absolute atomic E-state index is 12.8. The standard InChI is InChI=1S/C14H16F3NO2/c15-14(16,17)11-3-1-2-4-12(11)18-13(20)9-5-7-10(19)8-6-9/h1-4,9-10,19H,5-8H2,(H,18,20). The zero-order valence-electron chi connectivity index (χ0n) is 10.8. The molecule has 1 saturated carbocycles. The lowest BCUT2D eigenvalue weighted by Crippen LogP contribution is -2.29. The van der Waals surface area contributed by atoms with Crippen LogP contribution in [-0.2, 0) is 11.0 Å². The van der Waals surface area contributed by atoms with Crippen LogP contribution in [0.15, 0.2) is 24.3 Å². The third-order valence-electron chi connectivity index (χ3n) is 3.56. The molecule has 0 unspecified atom stereocenters. The molecule has 0 spiro atoms. The van der Waals surface area contributed by atoms with Crippen molar-refractivity contribution in [2.24, 2.45) is 5.92 Å². The van der Waals surface area contributed by atoms with Gasteiger partial charge in [-0.15, -0.1) is 0 Å². The lowest BCUT2D eigenvalue weighted by Gasteiger charge is -2.25. The van der Waals surface area contributed by atoms with Crippen molar-refractivity contribution in [3.05, 3.63) is 29.8 Å². The van der Waals surface area contributed by atoms with Gasteiger partial charge in [0.15, 0.2) is 0 Å². The molecule has 1 amide bonds. The number of carbonyl (C=O) groups excluding carboxylic acids is 1. The number of rotatable bonds is 2. The first kappa shape index (κ1) is 14.8. The molecule has 3 nitrogen and oxygen atoms in total. The molecule has 2 rings (SSSR count). The van der Waals surface area contributed by atoms with Gasteiger partial charge in [-0.1, -0.05) is 12.1 Å². The van der Waals surface area contributed by atoms with E-state index in [-0.39, 0.29) is 11.6 Å². The molecular weight excluding hydrogens is 271 g/mol. The number of halogens is 3. The second kappa shape index (κ2) is 5.83. The molecule has 0 heterocycles. The van der Waals surface area contributed by atoms with Crippen LogP contribution in [-0.4, -0.2) is 17.1 Å². The number of hydrogen-bond acceptors (Lipinski definition) is 2. The minimum absolute atomic E-state index is 0.212. The molecule has 1 fully saturated rings. The van der Waals surface area contributed by atoms with Crippen LogP contribution in [0.3, 0.4) is 0 Å². The number of nitrogens with one attached hydrogen (secondary N) is 1. The summed E-state index contributed by atoms with van der Waals surface area (Å²) in [5.41, 5.74) is -1.06.